The minimum absolute atomic E-state index is 0.303. The van der Waals surface area contributed by atoms with Gasteiger partial charge in [0.1, 0.15) is 5.82 Å². The first-order valence-corrected chi connectivity index (χ1v) is 10.7. The van der Waals surface area contributed by atoms with Gasteiger partial charge in [0.15, 0.2) is 0 Å². The third-order valence-corrected chi connectivity index (χ3v) is 5.96. The van der Waals surface area contributed by atoms with E-state index in [1.165, 1.54) is 11.6 Å². The minimum Gasteiger partial charge on any atom is -0.366 e. The largest absolute Gasteiger partial charge is 0.366 e. The van der Waals surface area contributed by atoms with Gasteiger partial charge in [0.05, 0.1) is 11.1 Å². The summed E-state index contributed by atoms with van der Waals surface area (Å²) in [5, 5.41) is 7.70. The van der Waals surface area contributed by atoms with Crippen LogP contribution in [0.4, 0.5) is 4.39 Å². The van der Waals surface area contributed by atoms with Gasteiger partial charge in [-0.1, -0.05) is 13.0 Å². The number of carbonyl (C=O) groups is 1. The van der Waals surface area contributed by atoms with Crippen LogP contribution in [0.3, 0.4) is 0 Å². The Bertz CT molecular complexity index is 1050. The molecule has 5 N–H and O–H groups in total. The van der Waals surface area contributed by atoms with Crippen LogP contribution in [0.15, 0.2) is 36.5 Å². The summed E-state index contributed by atoms with van der Waals surface area (Å²) in [5.41, 5.74) is 10.2. The van der Waals surface area contributed by atoms with Gasteiger partial charge in [0.25, 0.3) is 5.91 Å². The Labute approximate surface area is 176 Å². The lowest BCUT2D eigenvalue weighted by Gasteiger charge is -2.22. The molecule has 1 aromatic heterocycles. The number of hydrogen-bond donors (Lipinski definition) is 4. The summed E-state index contributed by atoms with van der Waals surface area (Å²) in [6.07, 6.45) is 5.10. The number of nitrogens with one attached hydrogen (secondary N) is 3. The van der Waals surface area contributed by atoms with Crippen molar-refractivity contribution in [2.45, 2.75) is 38.6 Å². The van der Waals surface area contributed by atoms with Gasteiger partial charge in [-0.2, -0.15) is 0 Å². The smallest absolute Gasteiger partial charge is 0.250 e. The van der Waals surface area contributed by atoms with Gasteiger partial charge >= 0.3 is 0 Å². The van der Waals surface area contributed by atoms with Crippen molar-refractivity contribution in [3.63, 3.8) is 0 Å². The van der Waals surface area contributed by atoms with Crippen molar-refractivity contribution < 1.29 is 9.18 Å². The molecule has 0 spiro atoms. The van der Waals surface area contributed by atoms with Crippen molar-refractivity contribution in [1.82, 2.24) is 15.6 Å². The van der Waals surface area contributed by atoms with Crippen LogP contribution in [0.5, 0.6) is 0 Å². The molecule has 2 heterocycles. The summed E-state index contributed by atoms with van der Waals surface area (Å²) >= 11 is 0. The van der Waals surface area contributed by atoms with E-state index >= 15 is 0 Å². The molecule has 0 radical (unpaired) electrons. The average Bonchev–Trinajstić information content (AvgIpc) is 3.19. The first kappa shape index (κ1) is 20.6. The predicted octanol–water partition coefficient (Wildman–Crippen LogP) is 4.04. The highest BCUT2D eigenvalue weighted by molar-refractivity contribution is 6.07. The molecular weight excluding hydrogens is 379 g/mol. The van der Waals surface area contributed by atoms with E-state index in [2.05, 4.69) is 22.5 Å². The van der Waals surface area contributed by atoms with Crippen molar-refractivity contribution in [3.8, 4) is 11.1 Å². The fourth-order valence-electron chi connectivity index (χ4n) is 4.39. The lowest BCUT2D eigenvalue weighted by molar-refractivity contribution is 0.100. The van der Waals surface area contributed by atoms with Crippen molar-refractivity contribution >= 4 is 16.8 Å². The van der Waals surface area contributed by atoms with Gasteiger partial charge in [-0.05, 0) is 85.8 Å². The number of carbonyl (C=O) groups excluding carboxylic acids is 1. The number of rotatable bonds is 7. The van der Waals surface area contributed by atoms with E-state index in [1.54, 1.807) is 12.1 Å². The molecule has 4 rings (SSSR count). The van der Waals surface area contributed by atoms with Crippen LogP contribution in [0, 0.1) is 5.82 Å². The number of hydrogen-bond acceptors (Lipinski definition) is 3. The highest BCUT2D eigenvalue weighted by atomic mass is 19.1. The molecule has 158 valence electrons. The maximum atomic E-state index is 14.8. The maximum absolute atomic E-state index is 14.8. The SMILES string of the molecule is CCCNCc1ccc(F)c(-c2cc(C(N)=O)c3[nH]cc(C4CCNCC4)c3c2)c1. The molecule has 1 amide bonds. The van der Waals surface area contributed by atoms with Gasteiger partial charge < -0.3 is 21.4 Å². The van der Waals surface area contributed by atoms with Gasteiger partial charge in [-0.3, -0.25) is 4.79 Å². The van der Waals surface area contributed by atoms with Crippen LogP contribution in [0.1, 0.15) is 53.6 Å². The van der Waals surface area contributed by atoms with E-state index in [0.717, 1.165) is 55.4 Å². The third-order valence-electron chi connectivity index (χ3n) is 5.96. The topological polar surface area (TPSA) is 82.9 Å². The monoisotopic (exact) mass is 408 g/mol. The molecule has 6 heteroatoms. The van der Waals surface area contributed by atoms with Crippen LogP contribution in [0.2, 0.25) is 0 Å². The molecule has 1 aliphatic heterocycles. The molecule has 0 saturated carbocycles. The zero-order valence-corrected chi connectivity index (χ0v) is 17.4. The average molecular weight is 409 g/mol. The second-order valence-electron chi connectivity index (χ2n) is 8.07. The van der Waals surface area contributed by atoms with Gasteiger partial charge in [0, 0.05) is 23.7 Å². The number of aromatic nitrogens is 1. The van der Waals surface area contributed by atoms with E-state index in [1.807, 2.05) is 18.3 Å². The van der Waals surface area contributed by atoms with Gasteiger partial charge in [-0.25, -0.2) is 4.39 Å². The molecule has 0 atom stereocenters. The van der Waals surface area contributed by atoms with Crippen LogP contribution >= 0.6 is 0 Å². The molecular formula is C24H29FN4O. The summed E-state index contributed by atoms with van der Waals surface area (Å²) in [6.45, 7) is 5.65. The van der Waals surface area contributed by atoms with Crippen molar-refractivity contribution in [1.29, 1.82) is 0 Å². The molecule has 2 aromatic carbocycles. The first-order chi connectivity index (χ1) is 14.6. The number of halogens is 1. The summed E-state index contributed by atoms with van der Waals surface area (Å²) in [7, 11) is 0. The molecule has 30 heavy (non-hydrogen) atoms. The molecule has 0 aliphatic carbocycles. The van der Waals surface area contributed by atoms with Crippen LogP contribution in [0.25, 0.3) is 22.0 Å². The Morgan fingerprint density at radius 2 is 2.03 bits per heavy atom. The maximum Gasteiger partial charge on any atom is 0.250 e. The Kier molecular flexibility index (Phi) is 6.16. The van der Waals surface area contributed by atoms with E-state index in [4.69, 9.17) is 5.73 Å². The fourth-order valence-corrected chi connectivity index (χ4v) is 4.39. The second-order valence-corrected chi connectivity index (χ2v) is 8.07. The van der Waals surface area contributed by atoms with Crippen molar-refractivity contribution in [3.05, 3.63) is 59.0 Å². The molecule has 1 saturated heterocycles. The van der Waals surface area contributed by atoms with E-state index < -0.39 is 5.91 Å². The summed E-state index contributed by atoms with van der Waals surface area (Å²) in [6, 6.07) is 8.86. The van der Waals surface area contributed by atoms with Crippen LogP contribution in [-0.2, 0) is 6.54 Å². The van der Waals surface area contributed by atoms with Crippen molar-refractivity contribution in [2.24, 2.45) is 5.73 Å². The lowest BCUT2D eigenvalue weighted by atomic mass is 9.88. The fraction of sp³-hybridized carbons (Fsp3) is 0.375. The molecule has 1 fully saturated rings. The standard InChI is InChI=1S/C24H29FN4O/c1-2-7-28-13-15-3-4-22(25)18(10-15)17-11-19-21(16-5-8-27-9-6-16)14-29-23(19)20(12-17)24(26)30/h3-4,10-12,14,16,27-29H,2,5-9,13H2,1H3,(H2,26,30). The zero-order chi connectivity index (χ0) is 21.1. The normalized spacial score (nSPS) is 15.0. The summed E-state index contributed by atoms with van der Waals surface area (Å²) in [4.78, 5) is 15.4. The third kappa shape index (κ3) is 4.11. The highest BCUT2D eigenvalue weighted by Crippen LogP contribution is 2.36. The molecule has 0 bridgehead atoms. The zero-order valence-electron chi connectivity index (χ0n) is 17.4. The number of piperidine rings is 1. The van der Waals surface area contributed by atoms with Gasteiger partial charge in [-0.15, -0.1) is 0 Å². The Morgan fingerprint density at radius 3 is 2.77 bits per heavy atom. The summed E-state index contributed by atoms with van der Waals surface area (Å²) in [5.74, 6) is -0.407. The molecule has 0 unspecified atom stereocenters. The Balaban J connectivity index is 1.81. The highest BCUT2D eigenvalue weighted by Gasteiger charge is 2.22. The van der Waals surface area contributed by atoms with Crippen LogP contribution < -0.4 is 16.4 Å². The predicted molar refractivity (Wildman–Crippen MR) is 119 cm³/mol. The van der Waals surface area contributed by atoms with E-state index in [9.17, 15) is 9.18 Å². The second kappa shape index (κ2) is 8.98. The minimum atomic E-state index is -0.512. The van der Waals surface area contributed by atoms with E-state index in [0.29, 0.717) is 29.2 Å². The Morgan fingerprint density at radius 1 is 1.23 bits per heavy atom. The number of H-pyrrole nitrogens is 1. The summed E-state index contributed by atoms with van der Waals surface area (Å²) < 4.78 is 14.8. The van der Waals surface area contributed by atoms with Crippen LogP contribution in [-0.4, -0.2) is 30.5 Å². The van der Waals surface area contributed by atoms with Crippen molar-refractivity contribution in [2.75, 3.05) is 19.6 Å². The number of fused-ring (bicyclic) bond motifs is 1. The number of primary amides is 1. The first-order valence-electron chi connectivity index (χ1n) is 10.7. The number of aromatic amines is 1. The van der Waals surface area contributed by atoms with E-state index in [-0.39, 0.29) is 5.82 Å². The number of nitrogens with two attached hydrogens (primary N) is 1. The quantitative estimate of drug-likeness (QED) is 0.445. The Hall–Kier alpha value is -2.70. The molecule has 3 aromatic rings. The van der Waals surface area contributed by atoms with Gasteiger partial charge in [0.2, 0.25) is 0 Å². The number of benzene rings is 2. The molecule has 5 nitrogen and oxygen atoms in total. The number of amides is 1. The molecule has 1 aliphatic rings. The lowest BCUT2D eigenvalue weighted by Crippen LogP contribution is -2.26.